The highest BCUT2D eigenvalue weighted by molar-refractivity contribution is 6.30. The second-order valence-electron chi connectivity index (χ2n) is 7.44. The second kappa shape index (κ2) is 8.31. The Bertz CT molecular complexity index is 1160. The molecule has 0 spiro atoms. The van der Waals surface area contributed by atoms with Crippen molar-refractivity contribution in [3.8, 4) is 0 Å². The summed E-state index contributed by atoms with van der Waals surface area (Å²) in [6.07, 6.45) is 0.864. The number of rotatable bonds is 7. The van der Waals surface area contributed by atoms with Crippen LogP contribution in [0.4, 0.5) is 11.8 Å². The van der Waals surface area contributed by atoms with Crippen molar-refractivity contribution in [3.63, 3.8) is 0 Å². The van der Waals surface area contributed by atoms with E-state index in [1.807, 2.05) is 58.0 Å². The second-order valence-corrected chi connectivity index (χ2v) is 7.88. The lowest BCUT2D eigenvalue weighted by Crippen LogP contribution is -2.11. The van der Waals surface area contributed by atoms with E-state index >= 15 is 0 Å². The van der Waals surface area contributed by atoms with Gasteiger partial charge in [-0.25, -0.2) is 4.98 Å². The van der Waals surface area contributed by atoms with Gasteiger partial charge >= 0.3 is 0 Å². The largest absolute Gasteiger partial charge is 0.370 e. The van der Waals surface area contributed by atoms with Gasteiger partial charge in [0.2, 0.25) is 5.95 Å². The first-order valence-corrected chi connectivity index (χ1v) is 10.3. The third-order valence-corrected chi connectivity index (χ3v) is 5.33. The lowest BCUT2D eigenvalue weighted by atomic mass is 10.1. The van der Waals surface area contributed by atoms with Crippen LogP contribution in [0.3, 0.4) is 0 Å². The number of hydrogen-bond acceptors (Lipinski definition) is 6. The minimum Gasteiger partial charge on any atom is -0.370 e. The van der Waals surface area contributed by atoms with Crippen LogP contribution in [0.5, 0.6) is 0 Å². The number of H-pyrrole nitrogens is 1. The van der Waals surface area contributed by atoms with E-state index in [0.29, 0.717) is 16.7 Å². The van der Waals surface area contributed by atoms with Crippen LogP contribution in [0.15, 0.2) is 30.3 Å². The minimum atomic E-state index is 0.00524. The van der Waals surface area contributed by atoms with Gasteiger partial charge in [-0.1, -0.05) is 23.7 Å². The predicted octanol–water partition coefficient (Wildman–Crippen LogP) is 4.25. The summed E-state index contributed by atoms with van der Waals surface area (Å²) >= 11 is 6.11. The molecular formula is C21H25ClN8. The SMILES string of the molecule is Cc1cc(NCCc2c(C)n[nH]c2C)n2nc(N[C@H](C)c3cccc(Cl)c3)nc2n1. The van der Waals surface area contributed by atoms with Gasteiger partial charge in [0, 0.05) is 29.0 Å². The van der Waals surface area contributed by atoms with E-state index in [-0.39, 0.29) is 6.04 Å². The molecule has 0 fully saturated rings. The number of nitrogens with one attached hydrogen (secondary N) is 3. The summed E-state index contributed by atoms with van der Waals surface area (Å²) in [5.74, 6) is 1.92. The Labute approximate surface area is 180 Å². The van der Waals surface area contributed by atoms with Crippen molar-refractivity contribution >= 4 is 29.1 Å². The van der Waals surface area contributed by atoms with Crippen molar-refractivity contribution in [2.24, 2.45) is 0 Å². The van der Waals surface area contributed by atoms with E-state index in [4.69, 9.17) is 11.6 Å². The topological polar surface area (TPSA) is 95.8 Å². The van der Waals surface area contributed by atoms with Crippen molar-refractivity contribution in [3.05, 3.63) is 63.6 Å². The Kier molecular flexibility index (Phi) is 5.59. The van der Waals surface area contributed by atoms with Gasteiger partial charge in [0.1, 0.15) is 5.82 Å². The molecule has 0 saturated carbocycles. The van der Waals surface area contributed by atoms with Gasteiger partial charge in [-0.15, -0.1) is 5.10 Å². The average molecular weight is 425 g/mol. The maximum Gasteiger partial charge on any atom is 0.256 e. The highest BCUT2D eigenvalue weighted by atomic mass is 35.5. The third-order valence-electron chi connectivity index (χ3n) is 5.10. The molecule has 1 aromatic carbocycles. The minimum absolute atomic E-state index is 0.00524. The molecule has 3 heterocycles. The number of fused-ring (bicyclic) bond motifs is 1. The van der Waals surface area contributed by atoms with E-state index in [0.717, 1.165) is 41.4 Å². The Balaban J connectivity index is 1.52. The molecule has 4 aromatic rings. The van der Waals surface area contributed by atoms with Gasteiger partial charge in [-0.05, 0) is 57.4 Å². The van der Waals surface area contributed by atoms with E-state index in [2.05, 4.69) is 35.9 Å². The molecule has 0 aliphatic heterocycles. The fraction of sp³-hybridized carbons (Fsp3) is 0.333. The van der Waals surface area contributed by atoms with E-state index in [9.17, 15) is 0 Å². The van der Waals surface area contributed by atoms with Crippen molar-refractivity contribution in [2.75, 3.05) is 17.2 Å². The van der Waals surface area contributed by atoms with Crippen molar-refractivity contribution in [1.82, 2.24) is 29.8 Å². The molecule has 1 atom stereocenters. The Morgan fingerprint density at radius 2 is 2.00 bits per heavy atom. The van der Waals surface area contributed by atoms with Crippen molar-refractivity contribution in [1.29, 1.82) is 0 Å². The molecule has 3 N–H and O–H groups in total. The molecule has 30 heavy (non-hydrogen) atoms. The first-order chi connectivity index (χ1) is 14.4. The summed E-state index contributed by atoms with van der Waals surface area (Å²) in [6, 6.07) is 9.73. The average Bonchev–Trinajstić information content (AvgIpc) is 3.25. The summed E-state index contributed by atoms with van der Waals surface area (Å²) in [7, 11) is 0. The quantitative estimate of drug-likeness (QED) is 0.410. The van der Waals surface area contributed by atoms with Gasteiger partial charge < -0.3 is 10.6 Å². The number of hydrogen-bond donors (Lipinski definition) is 3. The molecule has 4 rings (SSSR count). The molecule has 0 aliphatic carbocycles. The Morgan fingerprint density at radius 1 is 1.17 bits per heavy atom. The van der Waals surface area contributed by atoms with Crippen LogP contribution in [0.25, 0.3) is 5.78 Å². The fourth-order valence-corrected chi connectivity index (χ4v) is 3.68. The lowest BCUT2D eigenvalue weighted by Gasteiger charge is -2.12. The summed E-state index contributed by atoms with van der Waals surface area (Å²) < 4.78 is 1.73. The van der Waals surface area contributed by atoms with Crippen molar-refractivity contribution < 1.29 is 0 Å². The van der Waals surface area contributed by atoms with Gasteiger partial charge in [-0.2, -0.15) is 14.6 Å². The third kappa shape index (κ3) is 4.23. The summed E-state index contributed by atoms with van der Waals surface area (Å²) in [4.78, 5) is 9.06. The number of aryl methyl sites for hydroxylation is 3. The number of halogens is 1. The molecule has 3 aromatic heterocycles. The first kappa shape index (κ1) is 20.2. The number of aromatic nitrogens is 6. The Morgan fingerprint density at radius 3 is 2.73 bits per heavy atom. The molecule has 0 radical (unpaired) electrons. The van der Waals surface area contributed by atoms with Crippen LogP contribution < -0.4 is 10.6 Å². The van der Waals surface area contributed by atoms with Gasteiger partial charge in [0.05, 0.1) is 11.7 Å². The normalized spacial score (nSPS) is 12.3. The Hall–Kier alpha value is -3.13. The molecule has 0 bridgehead atoms. The van der Waals surface area contributed by atoms with Crippen LogP contribution in [0, 0.1) is 20.8 Å². The summed E-state index contributed by atoms with van der Waals surface area (Å²) in [5.41, 5.74) is 5.32. The number of aromatic amines is 1. The van der Waals surface area contributed by atoms with Gasteiger partial charge in [0.25, 0.3) is 5.78 Å². The van der Waals surface area contributed by atoms with Crippen LogP contribution >= 0.6 is 11.6 Å². The van der Waals surface area contributed by atoms with E-state index < -0.39 is 0 Å². The highest BCUT2D eigenvalue weighted by Gasteiger charge is 2.13. The van der Waals surface area contributed by atoms with Crippen LogP contribution in [0.2, 0.25) is 5.02 Å². The predicted molar refractivity (Wildman–Crippen MR) is 119 cm³/mol. The van der Waals surface area contributed by atoms with Crippen LogP contribution in [0.1, 0.15) is 41.2 Å². The number of nitrogens with zero attached hydrogens (tertiary/aromatic N) is 5. The molecule has 0 amide bonds. The summed E-state index contributed by atoms with van der Waals surface area (Å²) in [5, 5.41) is 19.4. The maximum atomic E-state index is 6.11. The van der Waals surface area contributed by atoms with Crippen molar-refractivity contribution in [2.45, 2.75) is 40.2 Å². The smallest absolute Gasteiger partial charge is 0.256 e. The molecule has 8 nitrogen and oxygen atoms in total. The zero-order valence-corrected chi connectivity index (χ0v) is 18.2. The first-order valence-electron chi connectivity index (χ1n) is 9.91. The van der Waals surface area contributed by atoms with Gasteiger partial charge in [-0.3, -0.25) is 5.10 Å². The zero-order chi connectivity index (χ0) is 21.3. The number of anilines is 2. The van der Waals surface area contributed by atoms with Crippen LogP contribution in [-0.4, -0.2) is 36.3 Å². The molecule has 156 valence electrons. The van der Waals surface area contributed by atoms with Crippen LogP contribution in [-0.2, 0) is 6.42 Å². The molecule has 0 unspecified atom stereocenters. The van der Waals surface area contributed by atoms with E-state index in [1.54, 1.807) is 4.52 Å². The molecule has 9 heteroatoms. The summed E-state index contributed by atoms with van der Waals surface area (Å²) in [6.45, 7) is 8.81. The lowest BCUT2D eigenvalue weighted by molar-refractivity contribution is 0.849. The maximum absolute atomic E-state index is 6.11. The van der Waals surface area contributed by atoms with Gasteiger partial charge in [0.15, 0.2) is 0 Å². The highest BCUT2D eigenvalue weighted by Crippen LogP contribution is 2.21. The fourth-order valence-electron chi connectivity index (χ4n) is 3.48. The number of benzene rings is 1. The monoisotopic (exact) mass is 424 g/mol. The van der Waals surface area contributed by atoms with E-state index in [1.165, 1.54) is 5.56 Å². The molecular weight excluding hydrogens is 400 g/mol. The zero-order valence-electron chi connectivity index (χ0n) is 17.5. The standard InChI is InChI=1S/C21H25ClN8/c1-12-10-19(23-9-8-18-14(3)27-28-15(18)4)30-21(24-12)26-20(29-30)25-13(2)16-6-5-7-17(22)11-16/h5-7,10-11,13,23H,8-9H2,1-4H3,(H,25,29)(H,27,28)/t13-/m1/s1. The molecule has 0 aliphatic rings. The molecule has 0 saturated heterocycles.